The number of aryl methyl sites for hydroxylation is 2. The predicted octanol–water partition coefficient (Wildman–Crippen LogP) is 3.50. The second-order valence-corrected chi connectivity index (χ2v) is 11.7. The van der Waals surface area contributed by atoms with Crippen LogP contribution in [0.5, 0.6) is 17.2 Å². The number of aromatic nitrogens is 1. The highest BCUT2D eigenvalue weighted by atomic mass is 32.1. The zero-order chi connectivity index (χ0) is 29.6. The van der Waals surface area contributed by atoms with Crippen molar-refractivity contribution in [3.8, 4) is 17.2 Å². The molecule has 4 heterocycles. The fraction of sp³-hybridized carbons (Fsp3) is 0.419. The molecule has 2 atom stereocenters. The van der Waals surface area contributed by atoms with Gasteiger partial charge >= 0.3 is 0 Å². The highest BCUT2D eigenvalue weighted by molar-refractivity contribution is 7.09. The lowest BCUT2D eigenvalue weighted by Crippen LogP contribution is -2.57. The van der Waals surface area contributed by atoms with E-state index in [2.05, 4.69) is 10.3 Å². The Morgan fingerprint density at radius 2 is 2.02 bits per heavy atom. The number of hydrogen-bond acceptors (Lipinski definition) is 8. The smallest absolute Gasteiger partial charge is 0.239 e. The molecule has 0 saturated carbocycles. The van der Waals surface area contributed by atoms with Gasteiger partial charge in [0.15, 0.2) is 11.5 Å². The van der Waals surface area contributed by atoms with E-state index in [0.717, 1.165) is 21.8 Å². The van der Waals surface area contributed by atoms with Crippen LogP contribution in [0.15, 0.2) is 47.8 Å². The van der Waals surface area contributed by atoms with Crippen LogP contribution in [0.1, 0.15) is 34.7 Å². The van der Waals surface area contributed by atoms with Crippen molar-refractivity contribution in [1.82, 2.24) is 20.1 Å². The normalized spacial score (nSPS) is 20.1. The molecule has 222 valence electrons. The van der Waals surface area contributed by atoms with Gasteiger partial charge in [-0.1, -0.05) is 18.2 Å². The lowest BCUT2D eigenvalue weighted by molar-refractivity contribution is -0.139. The van der Waals surface area contributed by atoms with Crippen LogP contribution in [-0.2, 0) is 38.6 Å². The maximum atomic E-state index is 13.1. The van der Waals surface area contributed by atoms with Gasteiger partial charge in [0.1, 0.15) is 5.75 Å². The van der Waals surface area contributed by atoms with Crippen LogP contribution < -0.4 is 14.8 Å². The van der Waals surface area contributed by atoms with E-state index < -0.39 is 6.10 Å². The van der Waals surface area contributed by atoms with E-state index >= 15 is 0 Å². The van der Waals surface area contributed by atoms with Gasteiger partial charge in [-0.15, -0.1) is 11.3 Å². The third-order valence-corrected chi connectivity index (χ3v) is 8.33. The zero-order valence-electron chi connectivity index (χ0n) is 24.1. The molecule has 1 saturated heterocycles. The summed E-state index contributed by atoms with van der Waals surface area (Å²) in [4.78, 5) is 46.6. The SMILES string of the molecule is COc1cc2ccc1Oc1cccc(c1)CO[C@H]1CN(C(=O)Cc3csc(C)n3)CC[C@@H]1NC(=O)CN(C)C(=O)CC2. The molecule has 1 N–H and O–H groups in total. The molecule has 2 aromatic carbocycles. The fourth-order valence-electron chi connectivity index (χ4n) is 5.21. The second kappa shape index (κ2) is 13.3. The van der Waals surface area contributed by atoms with Crippen LogP contribution in [0.4, 0.5) is 0 Å². The summed E-state index contributed by atoms with van der Waals surface area (Å²) in [5.41, 5.74) is 2.58. The van der Waals surface area contributed by atoms with Crippen LogP contribution >= 0.6 is 11.3 Å². The number of thiazole rings is 1. The number of piperidine rings is 1. The topological polar surface area (TPSA) is 110 Å². The van der Waals surface area contributed by atoms with Crippen molar-refractivity contribution >= 4 is 29.1 Å². The number of amides is 3. The van der Waals surface area contributed by atoms with Gasteiger partial charge in [-0.05, 0) is 55.2 Å². The Bertz CT molecular complexity index is 1440. The Morgan fingerprint density at radius 3 is 2.81 bits per heavy atom. The van der Waals surface area contributed by atoms with Gasteiger partial charge in [0.05, 0.1) is 49.5 Å². The molecule has 1 aromatic heterocycles. The quantitative estimate of drug-likeness (QED) is 0.496. The summed E-state index contributed by atoms with van der Waals surface area (Å²) < 4.78 is 18.1. The third kappa shape index (κ3) is 7.46. The summed E-state index contributed by atoms with van der Waals surface area (Å²) in [6, 6.07) is 12.9. The van der Waals surface area contributed by atoms with Gasteiger partial charge in [0.25, 0.3) is 0 Å². The first-order chi connectivity index (χ1) is 20.3. The zero-order valence-corrected chi connectivity index (χ0v) is 24.9. The summed E-state index contributed by atoms with van der Waals surface area (Å²) >= 11 is 1.52. The summed E-state index contributed by atoms with van der Waals surface area (Å²) in [6.45, 7) is 2.94. The monoisotopic (exact) mass is 592 g/mol. The molecule has 3 aliphatic rings. The molecule has 0 aliphatic carbocycles. The highest BCUT2D eigenvalue weighted by Gasteiger charge is 2.34. The van der Waals surface area contributed by atoms with Crippen molar-refractivity contribution in [3.63, 3.8) is 0 Å². The number of carbonyl (C=O) groups excluding carboxylic acids is 3. The Labute approximate surface area is 249 Å². The van der Waals surface area contributed by atoms with Crippen LogP contribution in [0.2, 0.25) is 0 Å². The molecule has 0 spiro atoms. The number of ether oxygens (including phenoxy) is 3. The Kier molecular flexibility index (Phi) is 9.38. The van der Waals surface area contributed by atoms with E-state index in [4.69, 9.17) is 14.2 Å². The van der Waals surface area contributed by atoms with E-state index in [0.29, 0.717) is 43.2 Å². The number of methoxy groups -OCH3 is 1. The maximum Gasteiger partial charge on any atom is 0.239 e. The Balaban J connectivity index is 1.37. The lowest BCUT2D eigenvalue weighted by atomic mass is 10.0. The molecular weight excluding hydrogens is 556 g/mol. The van der Waals surface area contributed by atoms with E-state index in [-0.39, 0.29) is 49.8 Å². The number of nitrogens with zero attached hydrogens (tertiary/aromatic N) is 3. The summed E-state index contributed by atoms with van der Waals surface area (Å²) in [6.07, 6.45) is 1.07. The fourth-order valence-corrected chi connectivity index (χ4v) is 5.82. The van der Waals surface area contributed by atoms with Gasteiger partial charge in [-0.25, -0.2) is 4.98 Å². The molecule has 1 fully saturated rings. The first-order valence-electron chi connectivity index (χ1n) is 14.0. The van der Waals surface area contributed by atoms with Gasteiger partial charge < -0.3 is 29.3 Å². The first kappa shape index (κ1) is 29.5. The van der Waals surface area contributed by atoms with Crippen LogP contribution in [0, 0.1) is 6.92 Å². The number of likely N-dealkylation sites (N-methyl/N-ethyl adjacent to an activating group) is 1. The van der Waals surface area contributed by atoms with Crippen LogP contribution in [0.3, 0.4) is 0 Å². The molecule has 0 unspecified atom stereocenters. The van der Waals surface area contributed by atoms with Crippen molar-refractivity contribution in [2.75, 3.05) is 33.8 Å². The molecule has 0 radical (unpaired) electrons. The molecule has 3 aromatic rings. The van der Waals surface area contributed by atoms with E-state index in [1.54, 1.807) is 19.1 Å². The van der Waals surface area contributed by atoms with E-state index in [9.17, 15) is 14.4 Å². The molecule has 42 heavy (non-hydrogen) atoms. The van der Waals surface area contributed by atoms with Gasteiger partial charge in [0.2, 0.25) is 17.7 Å². The van der Waals surface area contributed by atoms with E-state index in [1.807, 2.05) is 54.8 Å². The summed E-state index contributed by atoms with van der Waals surface area (Å²) in [5, 5.41) is 5.90. The number of benzene rings is 2. The third-order valence-electron chi connectivity index (χ3n) is 7.51. The van der Waals surface area contributed by atoms with Gasteiger partial charge in [-0.3, -0.25) is 14.4 Å². The summed E-state index contributed by atoms with van der Waals surface area (Å²) in [7, 11) is 3.21. The van der Waals surface area contributed by atoms with Crippen LogP contribution in [-0.4, -0.2) is 78.4 Å². The molecule has 3 aliphatic heterocycles. The minimum atomic E-state index is -0.441. The molecule has 11 heteroatoms. The number of carbonyl (C=O) groups is 3. The standard InChI is InChI=1S/C31H36N4O6S/c1-20-32-23(19-42-20)15-31(38)35-12-11-25-28(16-35)40-18-22-5-4-6-24(13-22)41-26-9-7-21(14-27(26)39-3)8-10-30(37)34(2)17-29(36)33-25/h4-7,9,13-14,19,25,28H,8,10-12,15-18H2,1-3H3,(H,33,36)/t25-,28-/m0/s1. The number of nitrogens with one attached hydrogen (secondary N) is 1. The van der Waals surface area contributed by atoms with Crippen LogP contribution in [0.25, 0.3) is 0 Å². The van der Waals surface area contributed by atoms with Crippen molar-refractivity contribution in [3.05, 3.63) is 69.7 Å². The number of hydrogen-bond donors (Lipinski definition) is 1. The summed E-state index contributed by atoms with van der Waals surface area (Å²) in [5.74, 6) is 1.33. The Morgan fingerprint density at radius 1 is 1.17 bits per heavy atom. The van der Waals surface area contributed by atoms with Crippen molar-refractivity contribution in [2.24, 2.45) is 0 Å². The lowest BCUT2D eigenvalue weighted by Gasteiger charge is -2.39. The number of fused-ring (bicyclic) bond motifs is 9. The predicted molar refractivity (Wildman–Crippen MR) is 158 cm³/mol. The molecular formula is C31H36N4O6S. The first-order valence-corrected chi connectivity index (χ1v) is 14.9. The number of rotatable bonds is 3. The van der Waals surface area contributed by atoms with Crippen molar-refractivity contribution in [2.45, 2.75) is 51.4 Å². The average Bonchev–Trinajstić information content (AvgIpc) is 3.39. The average molecular weight is 593 g/mol. The minimum Gasteiger partial charge on any atom is -0.493 e. The van der Waals surface area contributed by atoms with Gasteiger partial charge in [0, 0.05) is 31.9 Å². The molecule has 10 nitrogen and oxygen atoms in total. The Hall–Kier alpha value is -3.96. The maximum absolute atomic E-state index is 13.1. The van der Waals surface area contributed by atoms with E-state index in [1.165, 1.54) is 16.2 Å². The second-order valence-electron chi connectivity index (χ2n) is 10.7. The van der Waals surface area contributed by atoms with Crippen molar-refractivity contribution < 1.29 is 28.6 Å². The largest absolute Gasteiger partial charge is 0.493 e. The number of likely N-dealkylation sites (tertiary alicyclic amines) is 1. The molecule has 3 amide bonds. The highest BCUT2D eigenvalue weighted by Crippen LogP contribution is 2.33. The minimum absolute atomic E-state index is 0.0234. The molecule has 6 rings (SSSR count). The molecule has 4 bridgehead atoms. The van der Waals surface area contributed by atoms with Gasteiger partial charge in [-0.2, -0.15) is 0 Å². The van der Waals surface area contributed by atoms with Crippen molar-refractivity contribution in [1.29, 1.82) is 0 Å².